The maximum absolute atomic E-state index is 6.96. The van der Waals surface area contributed by atoms with Crippen LogP contribution in [0.1, 0.15) is 0 Å². The molecule has 1 aliphatic heterocycles. The molecule has 0 amide bonds. The molecule has 8 aromatic carbocycles. The van der Waals surface area contributed by atoms with Crippen molar-refractivity contribution in [3.05, 3.63) is 225 Å². The summed E-state index contributed by atoms with van der Waals surface area (Å²) in [7, 11) is -3.20. The Morgan fingerprint density at radius 3 is 1.83 bits per heavy atom. The van der Waals surface area contributed by atoms with Gasteiger partial charge in [-0.3, -0.25) is 9.30 Å². The Labute approximate surface area is 364 Å². The van der Waals surface area contributed by atoms with Crippen molar-refractivity contribution in [1.82, 2.24) is 18.9 Å². The second-order valence-electron chi connectivity index (χ2n) is 16.2. The number of imidazole rings is 1. The number of rotatable bonds is 6. The van der Waals surface area contributed by atoms with E-state index >= 15 is 0 Å². The van der Waals surface area contributed by atoms with Crippen LogP contribution in [-0.4, -0.2) is 27.0 Å². The number of fused-ring (bicyclic) bond motifs is 12. The molecule has 0 saturated heterocycles. The Hall–Kier alpha value is -8.26. The fourth-order valence-electron chi connectivity index (χ4n) is 10.4. The standard InChI is InChI=1S/C56H37N5OSi/c1-4-16-38(17-5-1)60-49-25-13-11-23-45(49)46-30-31-50-55(54(46)60)63(41-18-6-2-7-19-41,42-20-8-3-9-21-42)52-32-28-40(37-51(52)61(50)53-26-14-15-33-57-53)62-39-27-29-43-44-22-10-12-24-48(44)59-35-34-58-56(59)47(43)36-39/h1-37H. The van der Waals surface area contributed by atoms with Gasteiger partial charge in [0.1, 0.15) is 23.0 Å². The van der Waals surface area contributed by atoms with Gasteiger partial charge in [0.15, 0.2) is 8.07 Å². The van der Waals surface area contributed by atoms with Crippen LogP contribution in [0.25, 0.3) is 54.8 Å². The lowest BCUT2D eigenvalue weighted by atomic mass is 10.1. The molecule has 0 atom stereocenters. The van der Waals surface area contributed by atoms with Crippen LogP contribution in [0.4, 0.5) is 17.2 Å². The summed E-state index contributed by atoms with van der Waals surface area (Å²) in [6, 6.07) is 74.5. The number of pyridine rings is 2. The minimum absolute atomic E-state index is 0.737. The van der Waals surface area contributed by atoms with Crippen molar-refractivity contribution in [3.63, 3.8) is 0 Å². The van der Waals surface area contributed by atoms with Crippen LogP contribution in [-0.2, 0) is 0 Å². The van der Waals surface area contributed by atoms with E-state index in [1.165, 1.54) is 47.9 Å². The van der Waals surface area contributed by atoms with E-state index in [2.05, 4.69) is 214 Å². The molecule has 0 spiro atoms. The lowest BCUT2D eigenvalue weighted by Crippen LogP contribution is -2.77. The third-order valence-corrected chi connectivity index (χ3v) is 17.8. The molecule has 0 unspecified atom stereocenters. The number of aromatic nitrogens is 4. The highest BCUT2D eigenvalue weighted by Gasteiger charge is 2.51. The second-order valence-corrected chi connectivity index (χ2v) is 19.9. The summed E-state index contributed by atoms with van der Waals surface area (Å²) in [5, 5.41) is 11.0. The smallest absolute Gasteiger partial charge is 0.186 e. The molecule has 13 rings (SSSR count). The fraction of sp³-hybridized carbons (Fsp3) is 0. The number of hydrogen-bond acceptors (Lipinski definition) is 4. The first-order valence-corrected chi connectivity index (χ1v) is 23.3. The highest BCUT2D eigenvalue weighted by molar-refractivity contribution is 7.22. The summed E-state index contributed by atoms with van der Waals surface area (Å²) < 4.78 is 11.6. The van der Waals surface area contributed by atoms with Gasteiger partial charge >= 0.3 is 0 Å². The lowest BCUT2D eigenvalue weighted by molar-refractivity contribution is 0.484. The van der Waals surface area contributed by atoms with E-state index in [1.807, 2.05) is 24.7 Å². The van der Waals surface area contributed by atoms with E-state index in [1.54, 1.807) is 0 Å². The second kappa shape index (κ2) is 13.9. The molecule has 0 N–H and O–H groups in total. The van der Waals surface area contributed by atoms with Crippen molar-refractivity contribution >= 4 is 95.1 Å². The van der Waals surface area contributed by atoms with Crippen LogP contribution in [0.2, 0.25) is 0 Å². The SMILES string of the molecule is c1ccc(-n2c3ccccc3c3ccc4c(c32)[Si](c2ccccc2)(c2ccccc2)c2ccc(Oc3ccc5c6ccccc6n6ccnc6c5c3)cc2N4c2ccccn2)cc1. The van der Waals surface area contributed by atoms with E-state index < -0.39 is 8.07 Å². The maximum atomic E-state index is 6.96. The number of ether oxygens (including phenoxy) is 1. The molecule has 6 nitrogen and oxygen atoms in total. The van der Waals surface area contributed by atoms with Crippen LogP contribution in [0.5, 0.6) is 11.5 Å². The molecule has 296 valence electrons. The summed E-state index contributed by atoms with van der Waals surface area (Å²) in [4.78, 5) is 12.2. The first-order valence-electron chi connectivity index (χ1n) is 21.3. The monoisotopic (exact) mass is 823 g/mol. The van der Waals surface area contributed by atoms with Crippen LogP contribution in [0.3, 0.4) is 0 Å². The van der Waals surface area contributed by atoms with E-state index in [9.17, 15) is 0 Å². The number of para-hydroxylation sites is 3. The van der Waals surface area contributed by atoms with E-state index in [0.717, 1.165) is 56.3 Å². The minimum atomic E-state index is -3.20. The van der Waals surface area contributed by atoms with Crippen molar-refractivity contribution in [3.8, 4) is 17.2 Å². The van der Waals surface area contributed by atoms with Crippen molar-refractivity contribution in [2.45, 2.75) is 0 Å². The molecule has 0 radical (unpaired) electrons. The Morgan fingerprint density at radius 2 is 1.08 bits per heavy atom. The summed E-state index contributed by atoms with van der Waals surface area (Å²) in [5.41, 5.74) is 7.67. The highest BCUT2D eigenvalue weighted by atomic mass is 28.3. The van der Waals surface area contributed by atoms with E-state index in [4.69, 9.17) is 14.7 Å². The van der Waals surface area contributed by atoms with Gasteiger partial charge in [-0.25, -0.2) is 9.97 Å². The Morgan fingerprint density at radius 1 is 0.444 bits per heavy atom. The van der Waals surface area contributed by atoms with Crippen LogP contribution < -0.4 is 30.4 Å². The number of nitrogens with zero attached hydrogens (tertiary/aromatic N) is 5. The fourth-order valence-corrected chi connectivity index (χ4v) is 15.7. The Balaban J connectivity index is 1.12. The highest BCUT2D eigenvalue weighted by Crippen LogP contribution is 2.44. The topological polar surface area (TPSA) is 47.6 Å². The van der Waals surface area contributed by atoms with Gasteiger partial charge < -0.3 is 9.30 Å². The van der Waals surface area contributed by atoms with Gasteiger partial charge in [-0.15, -0.1) is 0 Å². The van der Waals surface area contributed by atoms with Gasteiger partial charge in [0, 0.05) is 57.1 Å². The van der Waals surface area contributed by atoms with Gasteiger partial charge in [0.2, 0.25) is 0 Å². The van der Waals surface area contributed by atoms with Gasteiger partial charge in [0.25, 0.3) is 0 Å². The van der Waals surface area contributed by atoms with E-state index in [-0.39, 0.29) is 0 Å². The van der Waals surface area contributed by atoms with Gasteiger partial charge in [-0.1, -0.05) is 133 Å². The van der Waals surface area contributed by atoms with Crippen molar-refractivity contribution in [2.24, 2.45) is 0 Å². The average molecular weight is 824 g/mol. The van der Waals surface area contributed by atoms with Gasteiger partial charge in [-0.2, -0.15) is 0 Å². The average Bonchev–Trinajstić information content (AvgIpc) is 3.99. The van der Waals surface area contributed by atoms with Crippen molar-refractivity contribution in [1.29, 1.82) is 0 Å². The predicted molar refractivity (Wildman–Crippen MR) is 261 cm³/mol. The molecule has 1 aliphatic rings. The van der Waals surface area contributed by atoms with Crippen molar-refractivity contribution in [2.75, 3.05) is 4.90 Å². The largest absolute Gasteiger partial charge is 0.457 e. The molecular formula is C56H37N5OSi. The Kier molecular flexibility index (Phi) is 7.82. The molecule has 7 heteroatoms. The molecule has 0 bridgehead atoms. The summed E-state index contributed by atoms with van der Waals surface area (Å²) in [6.45, 7) is 0. The van der Waals surface area contributed by atoms with Crippen LogP contribution >= 0.6 is 0 Å². The maximum Gasteiger partial charge on any atom is 0.186 e. The summed E-state index contributed by atoms with van der Waals surface area (Å²) in [5.74, 6) is 2.31. The molecule has 12 aromatic rings. The first-order chi connectivity index (χ1) is 31.3. The van der Waals surface area contributed by atoms with E-state index in [0.29, 0.717) is 0 Å². The number of benzene rings is 8. The molecule has 5 heterocycles. The molecule has 4 aromatic heterocycles. The third kappa shape index (κ3) is 5.17. The Bertz CT molecular complexity index is 3680. The molecular weight excluding hydrogens is 787 g/mol. The predicted octanol–water partition coefficient (Wildman–Crippen LogP) is 11.1. The third-order valence-electron chi connectivity index (χ3n) is 12.9. The molecule has 0 fully saturated rings. The number of anilines is 3. The molecule has 63 heavy (non-hydrogen) atoms. The van der Waals surface area contributed by atoms with Crippen LogP contribution in [0, 0.1) is 0 Å². The van der Waals surface area contributed by atoms with Crippen LogP contribution in [0.15, 0.2) is 225 Å². The summed E-state index contributed by atoms with van der Waals surface area (Å²) >= 11 is 0. The zero-order valence-electron chi connectivity index (χ0n) is 34.0. The first kappa shape index (κ1) is 35.5. The van der Waals surface area contributed by atoms with Gasteiger partial charge in [-0.05, 0) is 87.7 Å². The quantitative estimate of drug-likeness (QED) is 0.124. The zero-order valence-corrected chi connectivity index (χ0v) is 35.0. The molecule has 0 saturated carbocycles. The molecule has 0 aliphatic carbocycles. The lowest BCUT2D eigenvalue weighted by Gasteiger charge is -2.45. The number of hydrogen-bond donors (Lipinski definition) is 0. The van der Waals surface area contributed by atoms with Crippen molar-refractivity contribution < 1.29 is 4.74 Å². The zero-order chi connectivity index (χ0) is 41.5. The summed E-state index contributed by atoms with van der Waals surface area (Å²) in [6.07, 6.45) is 5.78. The van der Waals surface area contributed by atoms with Gasteiger partial charge in [0.05, 0.1) is 27.9 Å². The minimum Gasteiger partial charge on any atom is -0.457 e. The normalized spacial score (nSPS) is 13.2.